The Morgan fingerprint density at radius 1 is 1.30 bits per heavy atom. The summed E-state index contributed by atoms with van der Waals surface area (Å²) in [6.45, 7) is 1.73. The predicted octanol–water partition coefficient (Wildman–Crippen LogP) is 3.32. The van der Waals surface area contributed by atoms with Crippen molar-refractivity contribution in [3.63, 3.8) is 0 Å². The van der Waals surface area contributed by atoms with Gasteiger partial charge in [0.05, 0.1) is 17.3 Å². The Hall–Kier alpha value is -1.66. The zero-order valence-corrected chi connectivity index (χ0v) is 12.1. The quantitative estimate of drug-likeness (QED) is 0.881. The summed E-state index contributed by atoms with van der Waals surface area (Å²) < 4.78 is 39.8. The first-order valence-electron chi connectivity index (χ1n) is 5.76. The zero-order valence-electron chi connectivity index (χ0n) is 10.5. The highest BCUT2D eigenvalue weighted by Crippen LogP contribution is 2.28. The number of aromatic nitrogens is 1. The zero-order chi connectivity index (χ0) is 14.8. The van der Waals surface area contributed by atoms with Crippen molar-refractivity contribution in [3.8, 4) is 0 Å². The molecule has 1 aromatic carbocycles. The Balaban J connectivity index is 2.39. The highest BCUT2D eigenvalue weighted by molar-refractivity contribution is 7.92. The van der Waals surface area contributed by atoms with E-state index in [2.05, 4.69) is 9.71 Å². The minimum atomic E-state index is -3.90. The number of halogens is 2. The second-order valence-electron chi connectivity index (χ2n) is 4.15. The number of nitrogens with one attached hydrogen (secondary N) is 1. The fraction of sp³-hybridized carbons (Fsp3) is 0.154. The van der Waals surface area contributed by atoms with E-state index in [4.69, 9.17) is 11.6 Å². The van der Waals surface area contributed by atoms with Crippen LogP contribution >= 0.6 is 11.6 Å². The van der Waals surface area contributed by atoms with Gasteiger partial charge in [0.25, 0.3) is 10.0 Å². The molecule has 0 amide bonds. The predicted molar refractivity (Wildman–Crippen MR) is 75.7 cm³/mol. The maximum atomic E-state index is 13.1. The van der Waals surface area contributed by atoms with Gasteiger partial charge in [-0.2, -0.15) is 0 Å². The molecule has 0 saturated carbocycles. The summed E-state index contributed by atoms with van der Waals surface area (Å²) in [5.41, 5.74) is 1.00. The van der Waals surface area contributed by atoms with Crippen LogP contribution in [-0.2, 0) is 10.0 Å². The van der Waals surface area contributed by atoms with Crippen molar-refractivity contribution >= 4 is 27.3 Å². The Bertz CT molecular complexity index is 720. The van der Waals surface area contributed by atoms with Gasteiger partial charge in [0.15, 0.2) is 0 Å². The molecule has 4 nitrogen and oxygen atoms in total. The highest BCUT2D eigenvalue weighted by atomic mass is 35.5. The lowest BCUT2D eigenvalue weighted by atomic mass is 10.1. The number of alkyl halides is 1. The minimum absolute atomic E-state index is 0.241. The summed E-state index contributed by atoms with van der Waals surface area (Å²) in [6, 6.07) is 7.67. The molecule has 0 bridgehead atoms. The monoisotopic (exact) mass is 314 g/mol. The smallest absolute Gasteiger partial charge is 0.263 e. The van der Waals surface area contributed by atoms with Crippen molar-refractivity contribution < 1.29 is 12.8 Å². The van der Waals surface area contributed by atoms with E-state index in [1.165, 1.54) is 0 Å². The lowest BCUT2D eigenvalue weighted by Crippen LogP contribution is -2.14. The van der Waals surface area contributed by atoms with Gasteiger partial charge in [0.1, 0.15) is 10.7 Å². The molecule has 2 aromatic rings. The third-order valence-electron chi connectivity index (χ3n) is 2.62. The van der Waals surface area contributed by atoms with Crippen LogP contribution in [0.3, 0.4) is 0 Å². The maximum absolute atomic E-state index is 13.1. The Morgan fingerprint density at radius 2 is 2.00 bits per heavy atom. The lowest BCUT2D eigenvalue weighted by molar-refractivity contribution is 0.592. The molecular formula is C13H12ClFN2O2S. The minimum Gasteiger partial charge on any atom is -0.279 e. The third kappa shape index (κ3) is 3.26. The Morgan fingerprint density at radius 3 is 2.65 bits per heavy atom. The molecule has 1 aromatic heterocycles. The fourth-order valence-electron chi connectivity index (χ4n) is 1.68. The molecule has 0 spiro atoms. The number of benzene rings is 1. The summed E-state index contributed by atoms with van der Waals surface area (Å²) in [4.78, 5) is 3.29. The number of para-hydroxylation sites is 1. The molecular weight excluding hydrogens is 303 g/mol. The van der Waals surface area contributed by atoms with Gasteiger partial charge in [0, 0.05) is 6.20 Å². The standard InChI is InChI=1S/C13H12ClFN2O2S/c1-9(14)12-4-2-3-5-13(12)17-20(18,19)11-6-10(15)7-16-8-11/h2-9,17H,1H3. The Labute approximate surface area is 121 Å². The third-order valence-corrected chi connectivity index (χ3v) is 4.19. The van der Waals surface area contributed by atoms with Gasteiger partial charge in [-0.15, -0.1) is 11.6 Å². The van der Waals surface area contributed by atoms with Gasteiger partial charge in [-0.3, -0.25) is 9.71 Å². The van der Waals surface area contributed by atoms with Gasteiger partial charge >= 0.3 is 0 Å². The number of nitrogens with zero attached hydrogens (tertiary/aromatic N) is 1. The number of rotatable bonds is 4. The molecule has 20 heavy (non-hydrogen) atoms. The van der Waals surface area contributed by atoms with E-state index < -0.39 is 15.8 Å². The largest absolute Gasteiger partial charge is 0.279 e. The van der Waals surface area contributed by atoms with E-state index in [1.807, 2.05) is 0 Å². The fourth-order valence-corrected chi connectivity index (χ4v) is 2.93. The van der Waals surface area contributed by atoms with Crippen molar-refractivity contribution in [1.82, 2.24) is 4.98 Å². The van der Waals surface area contributed by atoms with E-state index in [0.717, 1.165) is 18.5 Å². The molecule has 1 N–H and O–H groups in total. The molecule has 0 aliphatic heterocycles. The van der Waals surface area contributed by atoms with Gasteiger partial charge in [0.2, 0.25) is 0 Å². The molecule has 1 unspecified atom stereocenters. The van der Waals surface area contributed by atoms with Crippen LogP contribution in [0.1, 0.15) is 17.9 Å². The first kappa shape index (κ1) is 14.7. The molecule has 7 heteroatoms. The first-order valence-corrected chi connectivity index (χ1v) is 7.68. The van der Waals surface area contributed by atoms with Crippen LogP contribution in [0.4, 0.5) is 10.1 Å². The van der Waals surface area contributed by atoms with Crippen molar-refractivity contribution in [1.29, 1.82) is 0 Å². The van der Waals surface area contributed by atoms with Gasteiger partial charge in [-0.05, 0) is 24.6 Å². The summed E-state index contributed by atoms with van der Waals surface area (Å²) >= 11 is 6.00. The molecule has 0 radical (unpaired) electrons. The van der Waals surface area contributed by atoms with Gasteiger partial charge < -0.3 is 0 Å². The van der Waals surface area contributed by atoms with Crippen molar-refractivity contribution in [2.75, 3.05) is 4.72 Å². The van der Waals surface area contributed by atoms with E-state index in [-0.39, 0.29) is 10.3 Å². The van der Waals surface area contributed by atoms with Crippen molar-refractivity contribution in [2.45, 2.75) is 17.2 Å². The van der Waals surface area contributed by atoms with E-state index in [0.29, 0.717) is 11.3 Å². The topological polar surface area (TPSA) is 59.1 Å². The van der Waals surface area contributed by atoms with Gasteiger partial charge in [-0.1, -0.05) is 18.2 Å². The molecule has 0 aliphatic rings. The number of sulfonamides is 1. The van der Waals surface area contributed by atoms with Crippen LogP contribution in [0.25, 0.3) is 0 Å². The van der Waals surface area contributed by atoms with Crippen LogP contribution in [-0.4, -0.2) is 13.4 Å². The van der Waals surface area contributed by atoms with E-state index in [1.54, 1.807) is 31.2 Å². The molecule has 0 saturated heterocycles. The maximum Gasteiger partial charge on any atom is 0.263 e. The number of anilines is 1. The number of hydrogen-bond acceptors (Lipinski definition) is 3. The number of hydrogen-bond donors (Lipinski definition) is 1. The second kappa shape index (κ2) is 5.76. The Kier molecular flexibility index (Phi) is 4.25. The average Bonchev–Trinajstić information content (AvgIpc) is 2.38. The summed E-state index contributed by atoms with van der Waals surface area (Å²) in [5.74, 6) is -0.716. The second-order valence-corrected chi connectivity index (χ2v) is 6.48. The SMILES string of the molecule is CC(Cl)c1ccccc1NS(=O)(=O)c1cncc(F)c1. The molecule has 1 heterocycles. The molecule has 1 atom stereocenters. The van der Waals surface area contributed by atoms with Crippen molar-refractivity contribution in [2.24, 2.45) is 0 Å². The first-order chi connectivity index (χ1) is 9.40. The van der Waals surface area contributed by atoms with E-state index in [9.17, 15) is 12.8 Å². The highest BCUT2D eigenvalue weighted by Gasteiger charge is 2.18. The summed E-state index contributed by atoms with van der Waals surface area (Å²) in [7, 11) is -3.90. The summed E-state index contributed by atoms with van der Waals surface area (Å²) in [5, 5.41) is -0.362. The van der Waals surface area contributed by atoms with Gasteiger partial charge in [-0.25, -0.2) is 12.8 Å². The van der Waals surface area contributed by atoms with Crippen LogP contribution in [0.15, 0.2) is 47.6 Å². The summed E-state index contributed by atoms with van der Waals surface area (Å²) in [6.07, 6.45) is 2.02. The van der Waals surface area contributed by atoms with E-state index >= 15 is 0 Å². The normalized spacial score (nSPS) is 12.9. The molecule has 0 aliphatic carbocycles. The van der Waals surface area contributed by atoms with Crippen molar-refractivity contribution in [3.05, 3.63) is 54.1 Å². The van der Waals surface area contributed by atoms with Crippen LogP contribution in [0.5, 0.6) is 0 Å². The van der Waals surface area contributed by atoms with Crippen LogP contribution in [0, 0.1) is 5.82 Å². The molecule has 106 valence electrons. The average molecular weight is 315 g/mol. The number of pyridine rings is 1. The van der Waals surface area contributed by atoms with Crippen LogP contribution < -0.4 is 4.72 Å². The molecule has 0 fully saturated rings. The van der Waals surface area contributed by atoms with Crippen LogP contribution in [0.2, 0.25) is 0 Å². The lowest BCUT2D eigenvalue weighted by Gasteiger charge is -2.13. The molecule has 2 rings (SSSR count).